The molecule has 1 aromatic heterocycles. The van der Waals surface area contributed by atoms with Gasteiger partial charge in [-0.25, -0.2) is 0 Å². The van der Waals surface area contributed by atoms with Crippen LogP contribution in [-0.2, 0) is 0 Å². The van der Waals surface area contributed by atoms with Crippen molar-refractivity contribution in [1.82, 2.24) is 0 Å². The molecule has 27 heavy (non-hydrogen) atoms. The number of para-hydroxylation sites is 2. The molecule has 0 amide bonds. The molecule has 0 aliphatic heterocycles. The van der Waals surface area contributed by atoms with Gasteiger partial charge in [0.2, 0.25) is 0 Å². The second kappa shape index (κ2) is 8.01. The van der Waals surface area contributed by atoms with Gasteiger partial charge in [-0.05, 0) is 75.9 Å². The Labute approximate surface area is 166 Å². The van der Waals surface area contributed by atoms with Gasteiger partial charge in [-0.3, -0.25) is 9.98 Å². The number of aryl methyl sites for hydroxylation is 4. The Morgan fingerprint density at radius 2 is 0.926 bits per heavy atom. The van der Waals surface area contributed by atoms with Crippen LogP contribution in [0.25, 0.3) is 0 Å². The predicted molar refractivity (Wildman–Crippen MR) is 120 cm³/mol. The molecule has 2 aromatic carbocycles. The Bertz CT molecular complexity index is 916. The van der Waals surface area contributed by atoms with E-state index in [1.54, 1.807) is 11.3 Å². The minimum atomic E-state index is 1.04. The van der Waals surface area contributed by atoms with E-state index >= 15 is 0 Å². The van der Waals surface area contributed by atoms with Crippen LogP contribution in [0.3, 0.4) is 0 Å². The highest BCUT2D eigenvalue weighted by Crippen LogP contribution is 2.28. The molecule has 0 fully saturated rings. The molecule has 1 heterocycles. The highest BCUT2D eigenvalue weighted by Gasteiger charge is 2.09. The van der Waals surface area contributed by atoms with Crippen molar-refractivity contribution in [3.63, 3.8) is 0 Å². The predicted octanol–water partition coefficient (Wildman–Crippen LogP) is 7.26. The van der Waals surface area contributed by atoms with Crippen molar-refractivity contribution < 1.29 is 0 Å². The van der Waals surface area contributed by atoms with E-state index in [-0.39, 0.29) is 0 Å². The van der Waals surface area contributed by atoms with Gasteiger partial charge in [0.25, 0.3) is 0 Å². The first-order valence-corrected chi connectivity index (χ1v) is 10.0. The summed E-state index contributed by atoms with van der Waals surface area (Å²) in [4.78, 5) is 12.2. The first kappa shape index (κ1) is 19.2. The number of benzene rings is 2. The maximum absolute atomic E-state index is 4.90. The van der Waals surface area contributed by atoms with Crippen molar-refractivity contribution in [3.05, 3.63) is 80.5 Å². The van der Waals surface area contributed by atoms with Crippen molar-refractivity contribution in [2.24, 2.45) is 9.98 Å². The molecule has 3 aromatic rings. The van der Waals surface area contributed by atoms with Gasteiger partial charge < -0.3 is 0 Å². The molecule has 3 heteroatoms. The van der Waals surface area contributed by atoms with Crippen LogP contribution in [0.15, 0.2) is 58.5 Å². The van der Waals surface area contributed by atoms with Crippen LogP contribution in [0.2, 0.25) is 0 Å². The normalized spacial score (nSPS) is 12.5. The maximum atomic E-state index is 4.90. The van der Waals surface area contributed by atoms with Crippen molar-refractivity contribution in [3.8, 4) is 0 Å². The van der Waals surface area contributed by atoms with Crippen molar-refractivity contribution in [2.75, 3.05) is 0 Å². The summed E-state index contributed by atoms with van der Waals surface area (Å²) in [6.07, 6.45) is 0. The molecule has 0 spiro atoms. The van der Waals surface area contributed by atoms with Gasteiger partial charge in [0, 0.05) is 9.75 Å². The highest BCUT2D eigenvalue weighted by atomic mass is 32.1. The smallest absolute Gasteiger partial charge is 0.0691 e. The lowest BCUT2D eigenvalue weighted by Crippen LogP contribution is -1.92. The largest absolute Gasteiger partial charge is 0.252 e. The van der Waals surface area contributed by atoms with E-state index in [9.17, 15) is 0 Å². The third kappa shape index (κ3) is 4.25. The summed E-state index contributed by atoms with van der Waals surface area (Å²) in [6, 6.07) is 16.9. The Balaban J connectivity index is 1.92. The molecule has 138 valence electrons. The summed E-state index contributed by atoms with van der Waals surface area (Å²) >= 11 is 1.75. The molecule has 0 N–H and O–H groups in total. The molecule has 0 aliphatic rings. The van der Waals surface area contributed by atoms with E-state index in [0.29, 0.717) is 0 Å². The Hall–Kier alpha value is -2.52. The molecule has 0 aliphatic carbocycles. The summed E-state index contributed by atoms with van der Waals surface area (Å²) in [5.74, 6) is 0. The van der Waals surface area contributed by atoms with Crippen LogP contribution in [0.4, 0.5) is 11.4 Å². The highest BCUT2D eigenvalue weighted by molar-refractivity contribution is 7.16. The van der Waals surface area contributed by atoms with Crippen LogP contribution in [0.5, 0.6) is 0 Å². The summed E-state index contributed by atoms with van der Waals surface area (Å²) in [5, 5.41) is 0. The van der Waals surface area contributed by atoms with Crippen LogP contribution >= 0.6 is 11.3 Å². The van der Waals surface area contributed by atoms with Crippen LogP contribution in [-0.4, -0.2) is 11.4 Å². The molecule has 0 atom stereocenters. The lowest BCUT2D eigenvalue weighted by Gasteiger charge is -2.06. The zero-order valence-electron chi connectivity index (χ0n) is 16.9. The second-order valence-corrected chi connectivity index (χ2v) is 8.12. The fraction of sp³-hybridized carbons (Fsp3) is 0.250. The van der Waals surface area contributed by atoms with Gasteiger partial charge in [-0.2, -0.15) is 0 Å². The molecule has 2 nitrogen and oxygen atoms in total. The number of aliphatic imine (C=N–C) groups is 2. The monoisotopic (exact) mass is 374 g/mol. The molecule has 0 saturated carbocycles. The third-order valence-corrected chi connectivity index (χ3v) is 6.06. The lowest BCUT2D eigenvalue weighted by atomic mass is 10.1. The number of hydrogen-bond acceptors (Lipinski definition) is 3. The van der Waals surface area contributed by atoms with Crippen molar-refractivity contribution in [2.45, 2.75) is 41.5 Å². The van der Waals surface area contributed by atoms with E-state index in [2.05, 4.69) is 90.1 Å². The molecule has 0 bridgehead atoms. The number of thiophene rings is 1. The SMILES string of the molecule is C/C(=N\c1c(C)cccc1C)c1ccc(/C(C)=N/c2c(C)cccc2C)s1. The van der Waals surface area contributed by atoms with E-state index in [1.807, 2.05) is 0 Å². The van der Waals surface area contributed by atoms with E-state index in [0.717, 1.165) is 22.8 Å². The first-order chi connectivity index (χ1) is 12.9. The standard InChI is InChI=1S/C24H26N2S/c1-15-9-7-10-16(2)23(15)25-19(5)21-13-14-22(27-21)20(6)26-24-17(3)11-8-12-18(24)4/h7-14H,1-6H3/b25-19+,26-20+. The number of nitrogens with zero attached hydrogens (tertiary/aromatic N) is 2. The van der Waals surface area contributed by atoms with Crippen LogP contribution in [0.1, 0.15) is 45.9 Å². The Kier molecular flexibility index (Phi) is 5.71. The maximum Gasteiger partial charge on any atom is 0.0691 e. The third-order valence-electron chi connectivity index (χ3n) is 4.76. The topological polar surface area (TPSA) is 24.7 Å². The van der Waals surface area contributed by atoms with Crippen molar-refractivity contribution >= 4 is 34.1 Å². The molecule has 0 saturated heterocycles. The Morgan fingerprint density at radius 1 is 0.593 bits per heavy atom. The summed E-state index contributed by atoms with van der Waals surface area (Å²) < 4.78 is 0. The minimum Gasteiger partial charge on any atom is -0.252 e. The van der Waals surface area contributed by atoms with Gasteiger partial charge in [-0.1, -0.05) is 36.4 Å². The Morgan fingerprint density at radius 3 is 1.26 bits per heavy atom. The lowest BCUT2D eigenvalue weighted by molar-refractivity contribution is 1.32. The average Bonchev–Trinajstić information content (AvgIpc) is 3.12. The minimum absolute atomic E-state index is 1.04. The molecule has 0 radical (unpaired) electrons. The summed E-state index contributed by atoms with van der Waals surface area (Å²) in [7, 11) is 0. The quantitative estimate of drug-likeness (QED) is 0.429. The molecule has 3 rings (SSSR count). The number of hydrogen-bond donors (Lipinski definition) is 0. The molecular weight excluding hydrogens is 348 g/mol. The zero-order chi connectivity index (χ0) is 19.6. The summed E-state index contributed by atoms with van der Waals surface area (Å²) in [5.41, 5.74) is 9.07. The van der Waals surface area contributed by atoms with Crippen molar-refractivity contribution in [1.29, 1.82) is 0 Å². The fourth-order valence-electron chi connectivity index (χ4n) is 3.14. The van der Waals surface area contributed by atoms with Gasteiger partial charge >= 0.3 is 0 Å². The van der Waals surface area contributed by atoms with Gasteiger partial charge in [0.05, 0.1) is 22.8 Å². The van der Waals surface area contributed by atoms with E-state index in [4.69, 9.17) is 9.98 Å². The van der Waals surface area contributed by atoms with Gasteiger partial charge in [-0.15, -0.1) is 11.3 Å². The fourth-order valence-corrected chi connectivity index (χ4v) is 4.03. The number of rotatable bonds is 4. The first-order valence-electron chi connectivity index (χ1n) is 9.20. The average molecular weight is 375 g/mol. The molecular formula is C24H26N2S. The van der Waals surface area contributed by atoms with E-state index < -0.39 is 0 Å². The van der Waals surface area contributed by atoms with Crippen LogP contribution in [0, 0.1) is 27.7 Å². The zero-order valence-corrected chi connectivity index (χ0v) is 17.7. The van der Waals surface area contributed by atoms with E-state index in [1.165, 1.54) is 32.0 Å². The van der Waals surface area contributed by atoms with Gasteiger partial charge in [0.1, 0.15) is 0 Å². The molecule has 0 unspecified atom stereocenters. The van der Waals surface area contributed by atoms with Gasteiger partial charge in [0.15, 0.2) is 0 Å². The van der Waals surface area contributed by atoms with Crippen LogP contribution < -0.4 is 0 Å². The second-order valence-electron chi connectivity index (χ2n) is 7.04. The summed E-state index contributed by atoms with van der Waals surface area (Å²) in [6.45, 7) is 12.6.